The van der Waals surface area contributed by atoms with Crippen LogP contribution in [-0.4, -0.2) is 30.0 Å². The number of carbonyl (C=O) groups is 2. The summed E-state index contributed by atoms with van der Waals surface area (Å²) in [6.45, 7) is 5.70. The third-order valence-electron chi connectivity index (χ3n) is 5.94. The Kier molecular flexibility index (Phi) is 6.80. The van der Waals surface area contributed by atoms with Gasteiger partial charge in [-0.3, -0.25) is 14.5 Å². The van der Waals surface area contributed by atoms with E-state index in [4.69, 9.17) is 14.7 Å². The van der Waals surface area contributed by atoms with E-state index < -0.39 is 17.7 Å². The van der Waals surface area contributed by atoms with Crippen LogP contribution >= 0.6 is 0 Å². The minimum Gasteiger partial charge on any atom is -0.507 e. The van der Waals surface area contributed by atoms with Crippen molar-refractivity contribution < 1.29 is 24.2 Å². The maximum absolute atomic E-state index is 13.3. The van der Waals surface area contributed by atoms with Crippen LogP contribution in [0, 0.1) is 18.3 Å². The number of ketones is 1. The van der Waals surface area contributed by atoms with Gasteiger partial charge in [-0.25, -0.2) is 0 Å². The first-order valence-corrected chi connectivity index (χ1v) is 11.5. The number of nitrogens with zero attached hydrogens (tertiary/aromatic N) is 2. The first kappa shape index (κ1) is 24.6. The Hall–Kier alpha value is -4.57. The second kappa shape index (κ2) is 9.96. The van der Waals surface area contributed by atoms with Crippen LogP contribution in [0.15, 0.2) is 72.3 Å². The van der Waals surface area contributed by atoms with Crippen LogP contribution in [-0.2, 0) is 9.59 Å². The molecule has 1 unspecified atom stereocenters. The molecule has 1 N–H and O–H groups in total. The minimum atomic E-state index is -0.903. The third-order valence-corrected chi connectivity index (χ3v) is 5.94. The van der Waals surface area contributed by atoms with E-state index in [1.165, 1.54) is 12.0 Å². The van der Waals surface area contributed by atoms with Gasteiger partial charge in [-0.2, -0.15) is 5.26 Å². The average molecular weight is 483 g/mol. The summed E-state index contributed by atoms with van der Waals surface area (Å²) in [6.07, 6.45) is -0.0195. The van der Waals surface area contributed by atoms with Crippen molar-refractivity contribution in [2.75, 3.05) is 12.0 Å². The van der Waals surface area contributed by atoms with Crippen molar-refractivity contribution in [1.29, 1.82) is 5.26 Å². The van der Waals surface area contributed by atoms with Crippen LogP contribution in [0.25, 0.3) is 5.76 Å². The van der Waals surface area contributed by atoms with Crippen LogP contribution < -0.4 is 14.4 Å². The highest BCUT2D eigenvalue weighted by Crippen LogP contribution is 2.43. The fraction of sp³-hybridized carbons (Fsp3) is 0.207. The number of benzene rings is 3. The lowest BCUT2D eigenvalue weighted by molar-refractivity contribution is -0.132. The number of methoxy groups -OCH3 is 1. The molecule has 0 radical (unpaired) electrons. The summed E-state index contributed by atoms with van der Waals surface area (Å²) in [5.41, 5.74) is 2.60. The van der Waals surface area contributed by atoms with E-state index in [1.807, 2.05) is 26.8 Å². The lowest BCUT2D eigenvalue weighted by atomic mass is 9.94. The lowest BCUT2D eigenvalue weighted by Crippen LogP contribution is -2.29. The Labute approximate surface area is 209 Å². The van der Waals surface area contributed by atoms with E-state index in [9.17, 15) is 14.7 Å². The largest absolute Gasteiger partial charge is 0.507 e. The molecule has 0 bridgehead atoms. The zero-order valence-corrected chi connectivity index (χ0v) is 20.5. The first-order valence-electron chi connectivity index (χ1n) is 11.5. The SMILES string of the molecule is COc1cccc(C2/C(=C(\O)c3ccc(OC(C)C)c(C)c3)C(=O)C(=O)N2c2ccc(C#N)cc2)c1. The first-order chi connectivity index (χ1) is 17.2. The van der Waals surface area contributed by atoms with E-state index >= 15 is 0 Å². The van der Waals surface area contributed by atoms with Crippen LogP contribution in [0.4, 0.5) is 5.69 Å². The standard InChI is InChI=1S/C29H26N2O5/c1-17(2)36-24-13-10-21(14-18(24)3)27(32)25-26(20-6-5-7-23(15-20)35-4)31(29(34)28(25)33)22-11-8-19(16-30)9-12-22/h5-15,17,26,32H,1-4H3/b27-25+. The normalized spacial score (nSPS) is 16.8. The van der Waals surface area contributed by atoms with Gasteiger partial charge in [0.25, 0.3) is 11.7 Å². The minimum absolute atomic E-state index is 0.0195. The van der Waals surface area contributed by atoms with E-state index in [-0.39, 0.29) is 17.4 Å². The molecule has 36 heavy (non-hydrogen) atoms. The molecule has 1 aliphatic heterocycles. The molecule has 3 aromatic carbocycles. The van der Waals surface area contributed by atoms with Gasteiger partial charge in [0, 0.05) is 11.3 Å². The quantitative estimate of drug-likeness (QED) is 0.291. The lowest BCUT2D eigenvalue weighted by Gasteiger charge is -2.26. The monoisotopic (exact) mass is 482 g/mol. The van der Waals surface area contributed by atoms with E-state index in [0.29, 0.717) is 33.9 Å². The number of ether oxygens (including phenoxy) is 2. The maximum atomic E-state index is 13.3. The van der Waals surface area contributed by atoms with Crippen LogP contribution in [0.5, 0.6) is 11.5 Å². The summed E-state index contributed by atoms with van der Waals surface area (Å²) in [4.78, 5) is 28.0. The second-order valence-corrected chi connectivity index (χ2v) is 8.75. The van der Waals surface area contributed by atoms with Gasteiger partial charge in [0.15, 0.2) is 0 Å². The predicted molar refractivity (Wildman–Crippen MR) is 136 cm³/mol. The number of hydrogen-bond donors (Lipinski definition) is 1. The molecule has 7 heteroatoms. The van der Waals surface area contributed by atoms with Crippen molar-refractivity contribution in [3.63, 3.8) is 0 Å². The smallest absolute Gasteiger partial charge is 0.300 e. The molecular weight excluding hydrogens is 456 g/mol. The number of aliphatic hydroxyl groups is 1. The number of hydrogen-bond acceptors (Lipinski definition) is 6. The highest BCUT2D eigenvalue weighted by atomic mass is 16.5. The second-order valence-electron chi connectivity index (χ2n) is 8.75. The Morgan fingerprint density at radius 1 is 1.06 bits per heavy atom. The Balaban J connectivity index is 1.90. The predicted octanol–water partition coefficient (Wildman–Crippen LogP) is 5.29. The van der Waals surface area contributed by atoms with Gasteiger partial charge in [0.1, 0.15) is 17.3 Å². The van der Waals surface area contributed by atoms with E-state index in [1.54, 1.807) is 66.7 Å². The molecule has 7 nitrogen and oxygen atoms in total. The maximum Gasteiger partial charge on any atom is 0.300 e. The number of carbonyl (C=O) groups excluding carboxylic acids is 2. The molecule has 4 rings (SSSR count). The molecule has 1 fully saturated rings. The van der Waals surface area contributed by atoms with Crippen LogP contribution in [0.1, 0.15) is 42.1 Å². The van der Waals surface area contributed by atoms with Gasteiger partial charge in [0.2, 0.25) is 0 Å². The topological polar surface area (TPSA) is 99.9 Å². The van der Waals surface area contributed by atoms with Crippen molar-refractivity contribution >= 4 is 23.1 Å². The number of nitriles is 1. The molecule has 0 aliphatic carbocycles. The third kappa shape index (κ3) is 4.53. The average Bonchev–Trinajstić information content (AvgIpc) is 3.15. The van der Waals surface area contributed by atoms with Crippen molar-refractivity contribution in [3.8, 4) is 17.6 Å². The van der Waals surface area contributed by atoms with Gasteiger partial charge in [0.05, 0.1) is 36.5 Å². The summed E-state index contributed by atoms with van der Waals surface area (Å²) in [6, 6.07) is 19.7. The number of aliphatic hydroxyl groups excluding tert-OH is 1. The molecule has 1 atom stereocenters. The summed E-state index contributed by atoms with van der Waals surface area (Å²) in [7, 11) is 1.53. The van der Waals surface area contributed by atoms with Crippen molar-refractivity contribution in [2.45, 2.75) is 32.9 Å². The summed E-state index contributed by atoms with van der Waals surface area (Å²) >= 11 is 0. The molecule has 1 saturated heterocycles. The van der Waals surface area contributed by atoms with Crippen LogP contribution in [0.3, 0.4) is 0 Å². The van der Waals surface area contributed by atoms with Crippen molar-refractivity contribution in [1.82, 2.24) is 0 Å². The highest BCUT2D eigenvalue weighted by molar-refractivity contribution is 6.51. The van der Waals surface area contributed by atoms with Gasteiger partial charge >= 0.3 is 0 Å². The van der Waals surface area contributed by atoms with Gasteiger partial charge in [-0.1, -0.05) is 12.1 Å². The zero-order chi connectivity index (χ0) is 26.0. The zero-order valence-electron chi connectivity index (χ0n) is 20.5. The Bertz CT molecular complexity index is 1400. The van der Waals surface area contributed by atoms with Gasteiger partial charge < -0.3 is 14.6 Å². The van der Waals surface area contributed by atoms with Crippen molar-refractivity contribution in [3.05, 3.63) is 94.6 Å². The molecule has 1 heterocycles. The molecule has 182 valence electrons. The molecular formula is C29H26N2O5. The fourth-order valence-corrected chi connectivity index (χ4v) is 4.26. The summed E-state index contributed by atoms with van der Waals surface area (Å²) in [5.74, 6) is -0.639. The molecule has 0 spiro atoms. The van der Waals surface area contributed by atoms with Gasteiger partial charge in [-0.15, -0.1) is 0 Å². The Morgan fingerprint density at radius 3 is 2.39 bits per heavy atom. The van der Waals surface area contributed by atoms with Crippen molar-refractivity contribution in [2.24, 2.45) is 0 Å². The number of rotatable bonds is 6. The summed E-state index contributed by atoms with van der Waals surface area (Å²) < 4.78 is 11.2. The number of aryl methyl sites for hydroxylation is 1. The van der Waals surface area contributed by atoms with Gasteiger partial charge in [-0.05, 0) is 86.5 Å². The molecule has 3 aromatic rings. The highest BCUT2D eigenvalue weighted by Gasteiger charge is 2.47. The molecule has 1 aliphatic rings. The van der Waals surface area contributed by atoms with E-state index in [2.05, 4.69) is 0 Å². The number of anilines is 1. The van der Waals surface area contributed by atoms with Crippen LogP contribution in [0.2, 0.25) is 0 Å². The number of Topliss-reactive ketones (excluding diaryl/α,β-unsaturated/α-hetero) is 1. The molecule has 0 saturated carbocycles. The molecule has 1 amide bonds. The fourth-order valence-electron chi connectivity index (χ4n) is 4.26. The van der Waals surface area contributed by atoms with E-state index in [0.717, 1.165) is 5.56 Å². The Morgan fingerprint density at radius 2 is 1.78 bits per heavy atom. The summed E-state index contributed by atoms with van der Waals surface area (Å²) in [5, 5.41) is 20.5. The number of amides is 1. The molecule has 0 aromatic heterocycles.